The fourth-order valence-corrected chi connectivity index (χ4v) is 3.79. The van der Waals surface area contributed by atoms with Crippen LogP contribution in [0, 0.1) is 13.8 Å². The largest absolute Gasteiger partial charge is 0.365 e. The highest BCUT2D eigenvalue weighted by molar-refractivity contribution is 6.03. The van der Waals surface area contributed by atoms with E-state index < -0.39 is 0 Å². The molecular formula is C22H23N5O. The van der Waals surface area contributed by atoms with E-state index in [0.717, 1.165) is 22.6 Å². The van der Waals surface area contributed by atoms with E-state index in [1.807, 2.05) is 38.1 Å². The number of hydrogen-bond donors (Lipinski definition) is 1. The summed E-state index contributed by atoms with van der Waals surface area (Å²) in [6.07, 6.45) is 2.93. The van der Waals surface area contributed by atoms with Gasteiger partial charge in [-0.15, -0.1) is 11.7 Å². The van der Waals surface area contributed by atoms with Crippen LogP contribution in [0.5, 0.6) is 0 Å². The maximum absolute atomic E-state index is 13.1. The summed E-state index contributed by atoms with van der Waals surface area (Å²) in [4.78, 5) is 22.2. The van der Waals surface area contributed by atoms with Crippen molar-refractivity contribution in [3.8, 4) is 5.95 Å². The van der Waals surface area contributed by atoms with Crippen molar-refractivity contribution < 1.29 is 4.79 Å². The molecule has 3 aromatic rings. The number of anilines is 1. The number of carbonyl (C=O) groups excluding carboxylic acids is 1. The molecule has 0 fully saturated rings. The summed E-state index contributed by atoms with van der Waals surface area (Å²) in [5.74, 6) is 1.29. The van der Waals surface area contributed by atoms with Gasteiger partial charge in [0.05, 0.1) is 11.3 Å². The van der Waals surface area contributed by atoms with E-state index in [4.69, 9.17) is 0 Å². The van der Waals surface area contributed by atoms with Gasteiger partial charge in [0.15, 0.2) is 11.6 Å². The minimum absolute atomic E-state index is 0.0947. The number of benzene rings is 1. The van der Waals surface area contributed by atoms with Gasteiger partial charge in [-0.2, -0.15) is 0 Å². The molecule has 0 saturated heterocycles. The maximum Gasteiger partial charge on any atom is 0.251 e. The summed E-state index contributed by atoms with van der Waals surface area (Å²) in [6.45, 7) is 8.14. The van der Waals surface area contributed by atoms with Crippen LogP contribution in [0.15, 0.2) is 49.1 Å². The zero-order chi connectivity index (χ0) is 19.7. The van der Waals surface area contributed by atoms with Crippen LogP contribution in [-0.2, 0) is 6.42 Å². The lowest BCUT2D eigenvalue weighted by atomic mass is 9.82. The van der Waals surface area contributed by atoms with Crippen LogP contribution in [0.1, 0.15) is 45.3 Å². The first-order valence-electron chi connectivity index (χ1n) is 9.44. The van der Waals surface area contributed by atoms with E-state index in [0.29, 0.717) is 36.7 Å². The third kappa shape index (κ3) is 3.33. The highest BCUT2D eigenvalue weighted by Gasteiger charge is 2.34. The number of Topliss-reactive ketones (excluding diaryl/α,β-unsaturated/α-hetero) is 1. The molecule has 0 radical (unpaired) electrons. The molecule has 6 heteroatoms. The molecule has 0 amide bonds. The number of fused-ring (bicyclic) bond motifs is 1. The van der Waals surface area contributed by atoms with E-state index in [1.165, 1.54) is 0 Å². The van der Waals surface area contributed by atoms with Crippen LogP contribution < -0.4 is 5.32 Å². The van der Waals surface area contributed by atoms with Crippen LogP contribution in [-0.4, -0.2) is 32.1 Å². The van der Waals surface area contributed by atoms with E-state index in [1.54, 1.807) is 10.8 Å². The number of ketones is 1. The molecule has 2 heterocycles. The Morgan fingerprint density at radius 1 is 1.18 bits per heavy atom. The molecule has 1 aromatic carbocycles. The second-order valence-electron chi connectivity index (χ2n) is 7.14. The van der Waals surface area contributed by atoms with Gasteiger partial charge in [0.1, 0.15) is 0 Å². The topological polar surface area (TPSA) is 72.7 Å². The molecule has 0 spiro atoms. The van der Waals surface area contributed by atoms with Crippen molar-refractivity contribution in [2.75, 3.05) is 11.9 Å². The minimum atomic E-state index is 0.0947. The average Bonchev–Trinajstić information content (AvgIpc) is 3.05. The van der Waals surface area contributed by atoms with Crippen LogP contribution in [0.3, 0.4) is 0 Å². The summed E-state index contributed by atoms with van der Waals surface area (Å²) < 4.78 is 1.73. The van der Waals surface area contributed by atoms with Gasteiger partial charge < -0.3 is 5.32 Å². The molecule has 142 valence electrons. The van der Waals surface area contributed by atoms with Gasteiger partial charge in [-0.25, -0.2) is 14.6 Å². The predicted molar refractivity (Wildman–Crippen MR) is 109 cm³/mol. The van der Waals surface area contributed by atoms with Gasteiger partial charge in [-0.1, -0.05) is 36.4 Å². The van der Waals surface area contributed by atoms with Crippen molar-refractivity contribution in [1.82, 2.24) is 19.7 Å². The Morgan fingerprint density at radius 2 is 1.89 bits per heavy atom. The Bertz CT molecular complexity index is 1020. The van der Waals surface area contributed by atoms with Crippen LogP contribution in [0.25, 0.3) is 5.95 Å². The van der Waals surface area contributed by atoms with E-state index in [9.17, 15) is 4.79 Å². The zero-order valence-corrected chi connectivity index (χ0v) is 16.1. The smallest absolute Gasteiger partial charge is 0.251 e. The molecule has 1 unspecified atom stereocenters. The number of nitrogens with one attached hydrogen (secondary N) is 1. The predicted octanol–water partition coefficient (Wildman–Crippen LogP) is 3.79. The van der Waals surface area contributed by atoms with Crippen molar-refractivity contribution >= 4 is 11.6 Å². The molecule has 1 aliphatic carbocycles. The fraction of sp³-hybridized carbons (Fsp3) is 0.273. The highest BCUT2D eigenvalue weighted by Crippen LogP contribution is 2.36. The van der Waals surface area contributed by atoms with Crippen LogP contribution >= 0.6 is 0 Å². The number of rotatable bonds is 5. The molecular weight excluding hydrogens is 350 g/mol. The first kappa shape index (κ1) is 18.1. The molecule has 1 aliphatic rings. The molecule has 1 atom stereocenters. The average molecular weight is 373 g/mol. The summed E-state index contributed by atoms with van der Waals surface area (Å²) in [5.41, 5.74) is 4.41. The van der Waals surface area contributed by atoms with Gasteiger partial charge in [0, 0.05) is 24.4 Å². The Balaban J connectivity index is 1.84. The highest BCUT2D eigenvalue weighted by atomic mass is 16.1. The number of aryl methyl sites for hydroxylation is 2. The Labute approximate surface area is 164 Å². The third-order valence-electron chi connectivity index (χ3n) is 4.98. The molecule has 0 saturated carbocycles. The van der Waals surface area contributed by atoms with Gasteiger partial charge in [-0.3, -0.25) is 4.79 Å². The quantitative estimate of drug-likeness (QED) is 0.689. The summed E-state index contributed by atoms with van der Waals surface area (Å²) in [6, 6.07) is 12.1. The maximum atomic E-state index is 13.1. The lowest BCUT2D eigenvalue weighted by Gasteiger charge is -2.23. The molecule has 6 nitrogen and oxygen atoms in total. The second kappa shape index (κ2) is 7.38. The number of hydrogen-bond acceptors (Lipinski definition) is 5. The Morgan fingerprint density at radius 3 is 2.57 bits per heavy atom. The first-order chi connectivity index (χ1) is 13.6. The summed E-state index contributed by atoms with van der Waals surface area (Å²) in [7, 11) is 0. The lowest BCUT2D eigenvalue weighted by Crippen LogP contribution is -2.21. The second-order valence-corrected chi connectivity index (χ2v) is 7.14. The molecule has 0 aliphatic heterocycles. The molecule has 2 aromatic heterocycles. The van der Waals surface area contributed by atoms with E-state index >= 15 is 0 Å². The zero-order valence-electron chi connectivity index (χ0n) is 16.1. The Hall–Kier alpha value is -3.28. The monoisotopic (exact) mass is 373 g/mol. The molecule has 28 heavy (non-hydrogen) atoms. The SMILES string of the molecule is C=CCNc1nn(-c2nc(C)cc(C)n2)c2c1C(=O)CC(c1ccccc1)C2. The van der Waals surface area contributed by atoms with Gasteiger partial charge in [-0.05, 0) is 37.8 Å². The molecule has 0 bridgehead atoms. The lowest BCUT2D eigenvalue weighted by molar-refractivity contribution is 0.0964. The third-order valence-corrected chi connectivity index (χ3v) is 4.98. The standard InChI is InChI=1S/C22H23N5O/c1-4-10-23-21-20-18(27(26-21)22-24-14(2)11-15(3)25-22)12-17(13-19(20)28)16-8-6-5-7-9-16/h4-9,11,17H,1,10,12-13H2,2-3H3,(H,23,26). The van der Waals surface area contributed by atoms with Crippen molar-refractivity contribution in [3.05, 3.63) is 77.3 Å². The van der Waals surface area contributed by atoms with Crippen molar-refractivity contribution in [3.63, 3.8) is 0 Å². The van der Waals surface area contributed by atoms with Crippen molar-refractivity contribution in [2.45, 2.75) is 32.6 Å². The van der Waals surface area contributed by atoms with E-state index in [2.05, 4.69) is 39.1 Å². The number of aromatic nitrogens is 4. The van der Waals surface area contributed by atoms with Gasteiger partial charge in [0.2, 0.25) is 0 Å². The van der Waals surface area contributed by atoms with E-state index in [-0.39, 0.29) is 11.7 Å². The summed E-state index contributed by atoms with van der Waals surface area (Å²) >= 11 is 0. The Kier molecular flexibility index (Phi) is 4.77. The molecule has 1 N–H and O–H groups in total. The number of carbonyl (C=O) groups is 1. The van der Waals surface area contributed by atoms with Crippen LogP contribution in [0.4, 0.5) is 5.82 Å². The number of nitrogens with zero attached hydrogens (tertiary/aromatic N) is 4. The first-order valence-corrected chi connectivity index (χ1v) is 9.44. The summed E-state index contributed by atoms with van der Waals surface area (Å²) in [5, 5.41) is 7.87. The normalized spacial score (nSPS) is 15.9. The van der Waals surface area contributed by atoms with Gasteiger partial charge in [0.25, 0.3) is 5.95 Å². The van der Waals surface area contributed by atoms with Crippen molar-refractivity contribution in [1.29, 1.82) is 0 Å². The van der Waals surface area contributed by atoms with Gasteiger partial charge >= 0.3 is 0 Å². The minimum Gasteiger partial charge on any atom is -0.365 e. The fourth-order valence-electron chi connectivity index (χ4n) is 3.79. The molecule has 4 rings (SSSR count). The van der Waals surface area contributed by atoms with Crippen LogP contribution in [0.2, 0.25) is 0 Å². The van der Waals surface area contributed by atoms with Crippen molar-refractivity contribution in [2.24, 2.45) is 0 Å².